The normalized spacial score (nSPS) is 18.3. The van der Waals surface area contributed by atoms with Crippen molar-refractivity contribution in [1.29, 1.82) is 0 Å². The average molecular weight is 537 g/mol. The van der Waals surface area contributed by atoms with E-state index in [1.165, 1.54) is 6.07 Å². The quantitative estimate of drug-likeness (QED) is 0.333. The monoisotopic (exact) mass is 536 g/mol. The van der Waals surface area contributed by atoms with Crippen LogP contribution in [0.4, 0.5) is 20.5 Å². The van der Waals surface area contributed by atoms with Crippen LogP contribution in [0, 0.1) is 18.6 Å². The first-order valence-corrected chi connectivity index (χ1v) is 13.1. The molecule has 1 fully saturated rings. The molecule has 4 aromatic rings. The number of aromatic nitrogens is 5. The molecule has 0 saturated carbocycles. The maximum atomic E-state index is 15.0. The van der Waals surface area contributed by atoms with Gasteiger partial charge in [-0.2, -0.15) is 0 Å². The Balaban J connectivity index is 1.34. The summed E-state index contributed by atoms with van der Waals surface area (Å²) in [5.41, 5.74) is 7.71. The largest absolute Gasteiger partial charge is 0.373 e. The summed E-state index contributed by atoms with van der Waals surface area (Å²) in [6, 6.07) is 6.84. The second-order valence-corrected chi connectivity index (χ2v) is 10.6. The lowest BCUT2D eigenvalue weighted by molar-refractivity contribution is -0.103. The highest BCUT2D eigenvalue weighted by Crippen LogP contribution is 2.30. The summed E-state index contributed by atoms with van der Waals surface area (Å²) in [6.45, 7) is 11.6. The first-order valence-electron chi connectivity index (χ1n) is 13.1. The Bertz CT molecular complexity index is 1470. The summed E-state index contributed by atoms with van der Waals surface area (Å²) >= 11 is 0. The topological polar surface area (TPSA) is 107 Å². The Morgan fingerprint density at radius 2 is 1.95 bits per heavy atom. The number of ether oxygens (including phenoxy) is 1. The molecule has 11 heteroatoms. The predicted octanol–water partition coefficient (Wildman–Crippen LogP) is 4.74. The van der Waals surface area contributed by atoms with Crippen LogP contribution >= 0.6 is 0 Å². The number of nitrogens with one attached hydrogen (secondary N) is 1. The van der Waals surface area contributed by atoms with E-state index in [0.717, 1.165) is 37.8 Å². The molecule has 206 valence electrons. The predicted molar refractivity (Wildman–Crippen MR) is 147 cm³/mol. The van der Waals surface area contributed by atoms with E-state index in [9.17, 15) is 8.78 Å². The maximum absolute atomic E-state index is 15.0. The Morgan fingerprint density at radius 3 is 2.67 bits per heavy atom. The third kappa shape index (κ3) is 5.75. The van der Waals surface area contributed by atoms with Crippen LogP contribution in [0.15, 0.2) is 36.7 Å². The van der Waals surface area contributed by atoms with Crippen molar-refractivity contribution >= 4 is 22.8 Å². The van der Waals surface area contributed by atoms with Crippen molar-refractivity contribution in [1.82, 2.24) is 29.4 Å². The van der Waals surface area contributed by atoms with E-state index in [0.29, 0.717) is 35.9 Å². The van der Waals surface area contributed by atoms with Crippen LogP contribution < -0.4 is 11.1 Å². The van der Waals surface area contributed by atoms with E-state index in [2.05, 4.69) is 37.1 Å². The van der Waals surface area contributed by atoms with Crippen LogP contribution in [0.25, 0.3) is 22.3 Å². The van der Waals surface area contributed by atoms with Crippen LogP contribution in [0.3, 0.4) is 0 Å². The minimum atomic E-state index is -0.651. The Kier molecular flexibility index (Phi) is 7.57. The van der Waals surface area contributed by atoms with Gasteiger partial charge in [-0.05, 0) is 64.4 Å². The number of morpholine rings is 1. The van der Waals surface area contributed by atoms with E-state index >= 15 is 0 Å². The van der Waals surface area contributed by atoms with Gasteiger partial charge in [0.15, 0.2) is 11.6 Å². The van der Waals surface area contributed by atoms with Gasteiger partial charge in [-0.15, -0.1) is 0 Å². The van der Waals surface area contributed by atoms with Crippen molar-refractivity contribution in [2.45, 2.75) is 52.3 Å². The van der Waals surface area contributed by atoms with Gasteiger partial charge in [0.05, 0.1) is 23.9 Å². The summed E-state index contributed by atoms with van der Waals surface area (Å²) in [4.78, 5) is 19.6. The Morgan fingerprint density at radius 1 is 1.13 bits per heavy atom. The fourth-order valence-corrected chi connectivity index (χ4v) is 5.26. The fraction of sp³-hybridized carbons (Fsp3) is 0.429. The molecule has 1 atom stereocenters. The highest BCUT2D eigenvalue weighted by molar-refractivity contribution is 5.83. The lowest BCUT2D eigenvalue weighted by Gasteiger charge is -2.40. The molecule has 0 spiro atoms. The molecule has 3 aromatic heterocycles. The molecule has 39 heavy (non-hydrogen) atoms. The fourth-order valence-electron chi connectivity index (χ4n) is 5.26. The maximum Gasteiger partial charge on any atom is 0.229 e. The standard InChI is InChI=1S/C28H34F2N8O/c1-17(2)38-18(3)34-26-21(29)11-20(12-23(26)38)25-22(30)14-33-27(36-25)35-24-6-5-19(13-32-24)15-37-9-10-39-28(4,16-37)7-8-31/h5-6,11-14,17H,7-10,15-16,31H2,1-4H3,(H,32,33,35,36). The number of hydrogen-bond acceptors (Lipinski definition) is 8. The van der Waals surface area contributed by atoms with Crippen LogP contribution in [0.2, 0.25) is 0 Å². The molecular formula is C28H34F2N8O. The highest BCUT2D eigenvalue weighted by Gasteiger charge is 2.31. The number of rotatable bonds is 8. The van der Waals surface area contributed by atoms with Gasteiger partial charge in [-0.25, -0.2) is 28.7 Å². The van der Waals surface area contributed by atoms with Crippen molar-refractivity contribution in [3.63, 3.8) is 0 Å². The third-order valence-corrected chi connectivity index (χ3v) is 7.02. The van der Waals surface area contributed by atoms with E-state index in [-0.39, 0.29) is 28.8 Å². The minimum absolute atomic E-state index is 0.00748. The minimum Gasteiger partial charge on any atom is -0.373 e. The van der Waals surface area contributed by atoms with Gasteiger partial charge in [0.2, 0.25) is 5.95 Å². The molecular weight excluding hydrogens is 502 g/mol. The van der Waals surface area contributed by atoms with Gasteiger partial charge >= 0.3 is 0 Å². The van der Waals surface area contributed by atoms with Crippen molar-refractivity contribution in [2.75, 3.05) is 31.6 Å². The van der Waals surface area contributed by atoms with Crippen LogP contribution in [-0.2, 0) is 11.3 Å². The molecule has 0 amide bonds. The highest BCUT2D eigenvalue weighted by atomic mass is 19.1. The van der Waals surface area contributed by atoms with Gasteiger partial charge in [0, 0.05) is 37.4 Å². The van der Waals surface area contributed by atoms with Crippen molar-refractivity contribution in [2.24, 2.45) is 5.73 Å². The average Bonchev–Trinajstić information content (AvgIpc) is 3.23. The smallest absolute Gasteiger partial charge is 0.229 e. The van der Waals surface area contributed by atoms with Crippen LogP contribution in [-0.4, -0.2) is 61.2 Å². The number of nitrogens with zero attached hydrogens (tertiary/aromatic N) is 6. The summed E-state index contributed by atoms with van der Waals surface area (Å²) in [5.74, 6) is 0.183. The van der Waals surface area contributed by atoms with Crippen LogP contribution in [0.1, 0.15) is 44.6 Å². The van der Waals surface area contributed by atoms with E-state index in [4.69, 9.17) is 10.5 Å². The zero-order valence-electron chi connectivity index (χ0n) is 22.7. The molecule has 1 unspecified atom stereocenters. The summed E-state index contributed by atoms with van der Waals surface area (Å²) in [6.07, 6.45) is 3.68. The Hall–Kier alpha value is -3.54. The molecule has 0 aliphatic carbocycles. The third-order valence-electron chi connectivity index (χ3n) is 7.02. The van der Waals surface area contributed by atoms with Gasteiger partial charge in [0.1, 0.15) is 22.9 Å². The SMILES string of the molecule is Cc1nc2c(F)cc(-c3nc(Nc4ccc(CN5CCOC(C)(CCN)C5)cn4)ncc3F)cc2n1C(C)C. The molecule has 5 rings (SSSR count). The molecule has 0 bridgehead atoms. The molecule has 4 heterocycles. The van der Waals surface area contributed by atoms with Gasteiger partial charge < -0.3 is 20.4 Å². The molecule has 9 nitrogen and oxygen atoms in total. The number of nitrogens with two attached hydrogens (primary N) is 1. The van der Waals surface area contributed by atoms with E-state index in [1.54, 1.807) is 12.3 Å². The van der Waals surface area contributed by atoms with Crippen LogP contribution in [0.5, 0.6) is 0 Å². The zero-order chi connectivity index (χ0) is 27.7. The van der Waals surface area contributed by atoms with E-state index in [1.807, 2.05) is 37.5 Å². The summed E-state index contributed by atoms with van der Waals surface area (Å²) in [5, 5.41) is 3.03. The van der Waals surface area contributed by atoms with Gasteiger partial charge in [-0.1, -0.05) is 6.07 Å². The number of halogens is 2. The van der Waals surface area contributed by atoms with Gasteiger partial charge in [-0.3, -0.25) is 4.90 Å². The van der Waals surface area contributed by atoms with Crippen molar-refractivity contribution in [3.05, 3.63) is 59.7 Å². The number of fused-ring (bicyclic) bond motifs is 1. The summed E-state index contributed by atoms with van der Waals surface area (Å²) < 4.78 is 37.7. The molecule has 1 aliphatic heterocycles. The zero-order valence-corrected chi connectivity index (χ0v) is 22.7. The van der Waals surface area contributed by atoms with Crippen molar-refractivity contribution < 1.29 is 13.5 Å². The summed E-state index contributed by atoms with van der Waals surface area (Å²) in [7, 11) is 0. The number of pyridine rings is 1. The molecule has 1 aromatic carbocycles. The number of benzene rings is 1. The first kappa shape index (κ1) is 27.0. The lowest BCUT2D eigenvalue weighted by atomic mass is 9.99. The number of anilines is 2. The van der Waals surface area contributed by atoms with E-state index < -0.39 is 11.6 Å². The number of hydrogen-bond donors (Lipinski definition) is 2. The number of aryl methyl sites for hydroxylation is 1. The molecule has 1 saturated heterocycles. The van der Waals surface area contributed by atoms with Crippen molar-refractivity contribution in [3.8, 4) is 11.3 Å². The molecule has 3 N–H and O–H groups in total. The lowest BCUT2D eigenvalue weighted by Crippen LogP contribution is -2.50. The molecule has 1 aliphatic rings. The second-order valence-electron chi connectivity index (χ2n) is 10.6. The Labute approximate surface area is 226 Å². The van der Waals surface area contributed by atoms with Gasteiger partial charge in [0.25, 0.3) is 0 Å². The number of imidazole rings is 1. The first-order chi connectivity index (χ1) is 18.7. The molecule has 0 radical (unpaired) electrons. The second kappa shape index (κ2) is 10.9.